The van der Waals surface area contributed by atoms with Gasteiger partial charge >= 0.3 is 0 Å². The van der Waals surface area contributed by atoms with Crippen molar-refractivity contribution < 1.29 is 4.74 Å². The first kappa shape index (κ1) is 18.3. The van der Waals surface area contributed by atoms with Gasteiger partial charge in [-0.15, -0.1) is 23.7 Å². The Kier molecular flexibility index (Phi) is 9.81. The number of hydrogen-bond acceptors (Lipinski definition) is 3. The predicted octanol–water partition coefficient (Wildman–Crippen LogP) is 5.22. The maximum absolute atomic E-state index is 5.72. The first-order chi connectivity index (χ1) is 10.8. The van der Waals surface area contributed by atoms with Crippen LogP contribution in [0.3, 0.4) is 0 Å². The third-order valence-electron chi connectivity index (χ3n) is 3.02. The van der Waals surface area contributed by atoms with Crippen molar-refractivity contribution >= 4 is 11.3 Å². The zero-order valence-corrected chi connectivity index (χ0v) is 14.2. The molecule has 0 N–H and O–H groups in total. The highest BCUT2D eigenvalue weighted by Gasteiger charge is 1.97. The van der Waals surface area contributed by atoms with Gasteiger partial charge in [0.1, 0.15) is 5.76 Å². The van der Waals surface area contributed by atoms with Gasteiger partial charge in [-0.2, -0.15) is 0 Å². The highest BCUT2D eigenvalue weighted by molar-refractivity contribution is 7.09. The first-order valence-corrected chi connectivity index (χ1v) is 8.60. The molecule has 3 heteroatoms. The molecule has 1 rings (SSSR count). The molecule has 0 spiro atoms. The minimum Gasteiger partial charge on any atom is -0.494 e. The zero-order chi connectivity index (χ0) is 16.0. The van der Waals surface area contributed by atoms with E-state index in [1.54, 1.807) is 17.4 Å². The highest BCUT2D eigenvalue weighted by atomic mass is 32.1. The molecular formula is C19H25NOS. The molecule has 0 atom stereocenters. The summed E-state index contributed by atoms with van der Waals surface area (Å²) < 4.78 is 5.72. The van der Waals surface area contributed by atoms with Gasteiger partial charge in [-0.25, -0.2) is 4.98 Å². The van der Waals surface area contributed by atoms with Crippen molar-refractivity contribution in [2.24, 2.45) is 0 Å². The van der Waals surface area contributed by atoms with Crippen molar-refractivity contribution in [2.75, 3.05) is 6.61 Å². The first-order valence-electron chi connectivity index (χ1n) is 7.72. The van der Waals surface area contributed by atoms with E-state index in [1.165, 1.54) is 5.69 Å². The number of allylic oxidation sites excluding steroid dienone is 4. The van der Waals surface area contributed by atoms with E-state index in [9.17, 15) is 0 Å². The van der Waals surface area contributed by atoms with Crippen LogP contribution in [0.2, 0.25) is 0 Å². The van der Waals surface area contributed by atoms with Crippen LogP contribution in [0.25, 0.3) is 0 Å². The van der Waals surface area contributed by atoms with E-state index in [0.717, 1.165) is 49.3 Å². The number of nitrogens with zero attached hydrogens (tertiary/aromatic N) is 1. The van der Waals surface area contributed by atoms with Crippen LogP contribution >= 0.6 is 11.3 Å². The lowest BCUT2D eigenvalue weighted by molar-refractivity contribution is 0.218. The summed E-state index contributed by atoms with van der Waals surface area (Å²) in [4.78, 5) is 4.47. The van der Waals surface area contributed by atoms with Gasteiger partial charge in [0, 0.05) is 11.8 Å². The van der Waals surface area contributed by atoms with Crippen LogP contribution in [-0.4, -0.2) is 11.6 Å². The van der Waals surface area contributed by atoms with Crippen LogP contribution in [0.1, 0.15) is 42.8 Å². The summed E-state index contributed by atoms with van der Waals surface area (Å²) in [5.41, 5.74) is 1.20. The fourth-order valence-electron chi connectivity index (χ4n) is 1.91. The van der Waals surface area contributed by atoms with Crippen molar-refractivity contribution in [1.82, 2.24) is 4.98 Å². The van der Waals surface area contributed by atoms with Crippen molar-refractivity contribution in [2.45, 2.75) is 45.4 Å². The molecule has 2 nitrogen and oxygen atoms in total. The Morgan fingerprint density at radius 3 is 3.00 bits per heavy atom. The standard InChI is InChI=1S/C19H25NOS/c1-4-6-7-11-15-21-19(12-5-2)14-10-8-9-13-18-16-22-17(3)20-18/h1,5,10,12,14,16H,2,6-9,11,13,15H2,3H3/b14-10-,19-12+. The Labute approximate surface area is 138 Å². The van der Waals surface area contributed by atoms with Crippen molar-refractivity contribution in [3.8, 4) is 12.3 Å². The number of rotatable bonds is 11. The van der Waals surface area contributed by atoms with E-state index in [4.69, 9.17) is 11.2 Å². The maximum atomic E-state index is 5.72. The summed E-state index contributed by atoms with van der Waals surface area (Å²) in [5.74, 6) is 3.50. The normalized spacial score (nSPS) is 11.5. The van der Waals surface area contributed by atoms with Crippen molar-refractivity contribution in [3.63, 3.8) is 0 Å². The van der Waals surface area contributed by atoms with E-state index >= 15 is 0 Å². The molecule has 0 bridgehead atoms. The van der Waals surface area contributed by atoms with E-state index in [0.29, 0.717) is 6.61 Å². The topological polar surface area (TPSA) is 22.1 Å². The van der Waals surface area contributed by atoms with E-state index in [1.807, 2.05) is 19.1 Å². The Hall–Kier alpha value is -1.79. The Bertz CT molecular complexity index is 534. The molecule has 1 aromatic rings. The van der Waals surface area contributed by atoms with Gasteiger partial charge in [-0.05, 0) is 51.2 Å². The molecule has 118 valence electrons. The minimum atomic E-state index is 0.698. The number of terminal acetylenes is 1. The largest absolute Gasteiger partial charge is 0.494 e. The van der Waals surface area contributed by atoms with E-state index < -0.39 is 0 Å². The number of ether oxygens (including phenoxy) is 1. The summed E-state index contributed by atoms with van der Waals surface area (Å²) in [6.07, 6.45) is 19.0. The summed E-state index contributed by atoms with van der Waals surface area (Å²) >= 11 is 1.71. The summed E-state index contributed by atoms with van der Waals surface area (Å²) in [5, 5.41) is 3.28. The van der Waals surface area contributed by atoms with Gasteiger partial charge < -0.3 is 4.74 Å². The van der Waals surface area contributed by atoms with Crippen LogP contribution in [0.4, 0.5) is 0 Å². The molecule has 0 saturated heterocycles. The molecule has 0 saturated carbocycles. The second-order valence-electron chi connectivity index (χ2n) is 4.97. The van der Waals surface area contributed by atoms with Gasteiger partial charge in [0.05, 0.1) is 17.3 Å². The smallest absolute Gasteiger partial charge is 0.118 e. The number of hydrogen-bond donors (Lipinski definition) is 0. The lowest BCUT2D eigenvalue weighted by Crippen LogP contribution is -1.93. The summed E-state index contributed by atoms with van der Waals surface area (Å²) in [6.45, 7) is 6.46. The summed E-state index contributed by atoms with van der Waals surface area (Å²) in [7, 11) is 0. The van der Waals surface area contributed by atoms with Crippen LogP contribution < -0.4 is 0 Å². The molecule has 0 aliphatic heterocycles. The Morgan fingerprint density at radius 1 is 1.45 bits per heavy atom. The van der Waals surface area contributed by atoms with E-state index in [-0.39, 0.29) is 0 Å². The van der Waals surface area contributed by atoms with Gasteiger partial charge in [0.2, 0.25) is 0 Å². The van der Waals surface area contributed by atoms with Crippen LogP contribution in [0.5, 0.6) is 0 Å². The molecule has 1 heterocycles. The maximum Gasteiger partial charge on any atom is 0.118 e. The third-order valence-corrected chi connectivity index (χ3v) is 3.84. The fourth-order valence-corrected chi connectivity index (χ4v) is 2.56. The molecule has 22 heavy (non-hydrogen) atoms. The third kappa shape index (κ3) is 8.49. The van der Waals surface area contributed by atoms with Crippen LogP contribution in [-0.2, 0) is 11.2 Å². The molecular weight excluding hydrogens is 290 g/mol. The van der Waals surface area contributed by atoms with Crippen LogP contribution in [0.15, 0.2) is 42.0 Å². The fraction of sp³-hybridized carbons (Fsp3) is 0.421. The quantitative estimate of drug-likeness (QED) is 0.242. The van der Waals surface area contributed by atoms with Crippen molar-refractivity contribution in [1.29, 1.82) is 0 Å². The second-order valence-corrected chi connectivity index (χ2v) is 6.03. The Balaban J connectivity index is 2.23. The van der Waals surface area contributed by atoms with Gasteiger partial charge in [-0.3, -0.25) is 0 Å². The number of aryl methyl sites for hydroxylation is 2. The van der Waals surface area contributed by atoms with Gasteiger partial charge in [0.25, 0.3) is 0 Å². The minimum absolute atomic E-state index is 0.698. The average Bonchev–Trinajstić information content (AvgIpc) is 2.92. The average molecular weight is 315 g/mol. The molecule has 0 radical (unpaired) electrons. The molecule has 0 unspecified atom stereocenters. The molecule has 0 amide bonds. The molecule has 0 aromatic carbocycles. The molecule has 0 fully saturated rings. The van der Waals surface area contributed by atoms with Crippen molar-refractivity contribution in [3.05, 3.63) is 52.7 Å². The molecule has 0 aliphatic carbocycles. The van der Waals surface area contributed by atoms with E-state index in [2.05, 4.69) is 28.9 Å². The van der Waals surface area contributed by atoms with Crippen LogP contribution in [0, 0.1) is 19.3 Å². The highest BCUT2D eigenvalue weighted by Crippen LogP contribution is 2.11. The van der Waals surface area contributed by atoms with Gasteiger partial charge in [-0.1, -0.05) is 18.7 Å². The molecule has 0 aliphatic rings. The lowest BCUT2D eigenvalue weighted by Gasteiger charge is -2.05. The second kappa shape index (κ2) is 11.8. The predicted molar refractivity (Wildman–Crippen MR) is 95.8 cm³/mol. The molecule has 1 aromatic heterocycles. The number of thiazole rings is 1. The van der Waals surface area contributed by atoms with Gasteiger partial charge in [0.15, 0.2) is 0 Å². The monoisotopic (exact) mass is 315 g/mol. The number of unbranched alkanes of at least 4 members (excludes halogenated alkanes) is 3. The SMILES string of the molecule is C#CCCCCOC(/C=C\CCCc1csc(C)n1)=C/C=C. The number of aromatic nitrogens is 1. The summed E-state index contributed by atoms with van der Waals surface area (Å²) in [6, 6.07) is 0. The zero-order valence-electron chi connectivity index (χ0n) is 13.4. The Morgan fingerprint density at radius 2 is 2.32 bits per heavy atom. The lowest BCUT2D eigenvalue weighted by atomic mass is 10.2.